The maximum atomic E-state index is 10.2. The molecule has 0 amide bonds. The van der Waals surface area contributed by atoms with Crippen LogP contribution in [0.3, 0.4) is 0 Å². The molecule has 0 saturated carbocycles. The van der Waals surface area contributed by atoms with Crippen molar-refractivity contribution in [2.75, 3.05) is 13.2 Å². The normalized spacial score (nSPS) is 10.4. The molecule has 3 nitrogen and oxygen atoms in total. The molecule has 0 unspecified atom stereocenters. The third-order valence-corrected chi connectivity index (χ3v) is 2.94. The Bertz CT molecular complexity index is 269. The number of aliphatic carboxylic acids is 1. The second-order valence-corrected chi connectivity index (χ2v) is 4.32. The summed E-state index contributed by atoms with van der Waals surface area (Å²) in [5.41, 5.74) is 0. The van der Waals surface area contributed by atoms with E-state index in [0.29, 0.717) is 13.0 Å². The van der Waals surface area contributed by atoms with Crippen LogP contribution in [0, 0.1) is 0 Å². The van der Waals surface area contributed by atoms with E-state index in [0.717, 1.165) is 19.4 Å². The molecule has 0 spiro atoms. The number of unbranched alkanes of at least 4 members (excludes halogenated alkanes) is 1. The maximum Gasteiger partial charge on any atom is 0.303 e. The number of thiophene rings is 1. The van der Waals surface area contributed by atoms with Gasteiger partial charge in [0.1, 0.15) is 0 Å². The maximum absolute atomic E-state index is 10.2. The number of hydrogen-bond donors (Lipinski definition) is 1. The van der Waals surface area contributed by atoms with Gasteiger partial charge in [-0.3, -0.25) is 4.79 Å². The highest BCUT2D eigenvalue weighted by atomic mass is 32.1. The Hall–Kier alpha value is -0.870. The summed E-state index contributed by atoms with van der Waals surface area (Å²) in [7, 11) is 0. The number of hydrogen-bond acceptors (Lipinski definition) is 3. The molecule has 1 rings (SSSR count). The van der Waals surface area contributed by atoms with Gasteiger partial charge >= 0.3 is 5.97 Å². The van der Waals surface area contributed by atoms with Crippen molar-refractivity contribution >= 4 is 17.3 Å². The molecule has 0 saturated heterocycles. The fourth-order valence-corrected chi connectivity index (χ4v) is 1.90. The molecule has 0 atom stereocenters. The number of rotatable bonds is 8. The van der Waals surface area contributed by atoms with Crippen molar-refractivity contribution < 1.29 is 14.6 Å². The van der Waals surface area contributed by atoms with Crippen molar-refractivity contribution in [2.24, 2.45) is 0 Å². The lowest BCUT2D eigenvalue weighted by Crippen LogP contribution is -2.01. The van der Waals surface area contributed by atoms with Crippen LogP contribution in [-0.4, -0.2) is 24.3 Å². The number of carboxylic acid groups (broad SMARTS) is 1. The Kier molecular flexibility index (Phi) is 6.04. The summed E-state index contributed by atoms with van der Waals surface area (Å²) < 4.78 is 5.40. The minimum Gasteiger partial charge on any atom is -0.481 e. The fourth-order valence-electron chi connectivity index (χ4n) is 1.21. The van der Waals surface area contributed by atoms with E-state index in [-0.39, 0.29) is 6.42 Å². The predicted molar refractivity (Wildman–Crippen MR) is 60.3 cm³/mol. The first-order chi connectivity index (χ1) is 7.29. The van der Waals surface area contributed by atoms with E-state index in [1.807, 2.05) is 6.07 Å². The first-order valence-corrected chi connectivity index (χ1v) is 5.99. The lowest BCUT2D eigenvalue weighted by Gasteiger charge is -2.01. The topological polar surface area (TPSA) is 46.5 Å². The molecule has 15 heavy (non-hydrogen) atoms. The molecule has 0 aliphatic heterocycles. The van der Waals surface area contributed by atoms with Crippen LogP contribution in [0.5, 0.6) is 0 Å². The summed E-state index contributed by atoms with van der Waals surface area (Å²) in [6.07, 6.45) is 2.73. The third kappa shape index (κ3) is 6.25. The summed E-state index contributed by atoms with van der Waals surface area (Å²) >= 11 is 1.74. The third-order valence-electron chi connectivity index (χ3n) is 2.00. The number of ether oxygens (including phenoxy) is 1. The highest BCUT2D eigenvalue weighted by molar-refractivity contribution is 7.09. The highest BCUT2D eigenvalue weighted by Crippen LogP contribution is 2.09. The van der Waals surface area contributed by atoms with Crippen molar-refractivity contribution in [3.05, 3.63) is 22.4 Å². The molecule has 0 bridgehead atoms. The van der Waals surface area contributed by atoms with Crippen molar-refractivity contribution in [3.63, 3.8) is 0 Å². The fraction of sp³-hybridized carbons (Fsp3) is 0.545. The molecule has 1 aromatic rings. The number of carbonyl (C=O) groups is 1. The lowest BCUT2D eigenvalue weighted by atomic mass is 10.2. The van der Waals surface area contributed by atoms with E-state index in [1.54, 1.807) is 11.3 Å². The van der Waals surface area contributed by atoms with Crippen molar-refractivity contribution in [1.29, 1.82) is 0 Å². The van der Waals surface area contributed by atoms with Gasteiger partial charge in [0, 0.05) is 24.3 Å². The van der Waals surface area contributed by atoms with Gasteiger partial charge in [-0.25, -0.2) is 0 Å². The SMILES string of the molecule is O=C(O)CCCCOCCc1cccs1. The average molecular weight is 228 g/mol. The molecule has 0 radical (unpaired) electrons. The summed E-state index contributed by atoms with van der Waals surface area (Å²) in [6, 6.07) is 4.13. The van der Waals surface area contributed by atoms with Crippen LogP contribution in [0.25, 0.3) is 0 Å². The molecule has 1 aromatic heterocycles. The van der Waals surface area contributed by atoms with Gasteiger partial charge in [0.05, 0.1) is 6.61 Å². The van der Waals surface area contributed by atoms with Gasteiger partial charge < -0.3 is 9.84 Å². The first kappa shape index (κ1) is 12.2. The van der Waals surface area contributed by atoms with Crippen LogP contribution in [0.4, 0.5) is 0 Å². The van der Waals surface area contributed by atoms with Crippen LogP contribution in [0.15, 0.2) is 17.5 Å². The second kappa shape index (κ2) is 7.43. The first-order valence-electron chi connectivity index (χ1n) is 5.11. The van der Waals surface area contributed by atoms with Gasteiger partial charge in [-0.1, -0.05) is 6.07 Å². The summed E-state index contributed by atoms with van der Waals surface area (Å²) in [5.74, 6) is -0.728. The molecule has 1 N–H and O–H groups in total. The van der Waals surface area contributed by atoms with Crippen LogP contribution in [0.2, 0.25) is 0 Å². The van der Waals surface area contributed by atoms with Gasteiger partial charge in [-0.2, -0.15) is 0 Å². The van der Waals surface area contributed by atoms with Crippen LogP contribution in [0.1, 0.15) is 24.1 Å². The average Bonchev–Trinajstić information content (AvgIpc) is 2.68. The molecule has 0 aromatic carbocycles. The van der Waals surface area contributed by atoms with Crippen LogP contribution in [-0.2, 0) is 16.0 Å². The van der Waals surface area contributed by atoms with Crippen LogP contribution < -0.4 is 0 Å². The Balaban J connectivity index is 1.87. The van der Waals surface area contributed by atoms with E-state index in [1.165, 1.54) is 4.88 Å². The standard InChI is InChI=1S/C11H16O3S/c12-11(13)5-1-2-7-14-8-6-10-4-3-9-15-10/h3-4,9H,1-2,5-8H2,(H,12,13). The Labute approximate surface area is 93.7 Å². The van der Waals surface area contributed by atoms with Gasteiger partial charge in [-0.15, -0.1) is 11.3 Å². The summed E-state index contributed by atoms with van der Waals surface area (Å²) in [4.78, 5) is 11.5. The molecule has 0 aliphatic carbocycles. The van der Waals surface area contributed by atoms with E-state index >= 15 is 0 Å². The largest absolute Gasteiger partial charge is 0.481 e. The quantitative estimate of drug-likeness (QED) is 0.695. The highest BCUT2D eigenvalue weighted by Gasteiger charge is 1.97. The lowest BCUT2D eigenvalue weighted by molar-refractivity contribution is -0.137. The second-order valence-electron chi connectivity index (χ2n) is 3.29. The van der Waals surface area contributed by atoms with Crippen molar-refractivity contribution in [3.8, 4) is 0 Å². The molecular weight excluding hydrogens is 212 g/mol. The summed E-state index contributed by atoms with van der Waals surface area (Å²) in [6.45, 7) is 1.40. The monoisotopic (exact) mass is 228 g/mol. The number of carboxylic acids is 1. The molecule has 84 valence electrons. The predicted octanol–water partition coefficient (Wildman–Crippen LogP) is 2.56. The van der Waals surface area contributed by atoms with E-state index in [4.69, 9.17) is 9.84 Å². The van der Waals surface area contributed by atoms with Gasteiger partial charge in [0.25, 0.3) is 0 Å². The van der Waals surface area contributed by atoms with Gasteiger partial charge in [0.2, 0.25) is 0 Å². The molecule has 0 aliphatic rings. The Morgan fingerprint density at radius 1 is 1.40 bits per heavy atom. The van der Waals surface area contributed by atoms with Crippen molar-refractivity contribution in [1.82, 2.24) is 0 Å². The molecule has 0 fully saturated rings. The van der Waals surface area contributed by atoms with E-state index < -0.39 is 5.97 Å². The zero-order chi connectivity index (χ0) is 10.9. The molecular formula is C11H16O3S. The minimum absolute atomic E-state index is 0.244. The van der Waals surface area contributed by atoms with Crippen LogP contribution >= 0.6 is 11.3 Å². The van der Waals surface area contributed by atoms with E-state index in [9.17, 15) is 4.79 Å². The smallest absolute Gasteiger partial charge is 0.303 e. The zero-order valence-corrected chi connectivity index (χ0v) is 9.46. The van der Waals surface area contributed by atoms with Crippen molar-refractivity contribution in [2.45, 2.75) is 25.7 Å². The zero-order valence-electron chi connectivity index (χ0n) is 8.65. The molecule has 4 heteroatoms. The molecule has 1 heterocycles. The Morgan fingerprint density at radius 2 is 2.27 bits per heavy atom. The van der Waals surface area contributed by atoms with Gasteiger partial charge in [0.15, 0.2) is 0 Å². The van der Waals surface area contributed by atoms with Gasteiger partial charge in [-0.05, 0) is 24.3 Å². The summed E-state index contributed by atoms with van der Waals surface area (Å²) in [5, 5.41) is 10.5. The Morgan fingerprint density at radius 3 is 2.93 bits per heavy atom. The van der Waals surface area contributed by atoms with E-state index in [2.05, 4.69) is 11.4 Å². The minimum atomic E-state index is -0.728.